The molecule has 0 unspecified atom stereocenters. The second-order valence-electron chi connectivity index (χ2n) is 4.10. The first-order valence-corrected chi connectivity index (χ1v) is 6.13. The van der Waals surface area contributed by atoms with Crippen LogP contribution < -0.4 is 5.48 Å². The number of hydrogen-bond donors (Lipinski definition) is 1. The van der Waals surface area contributed by atoms with Gasteiger partial charge in [0.1, 0.15) is 5.82 Å². The van der Waals surface area contributed by atoms with Crippen molar-refractivity contribution in [2.75, 3.05) is 0 Å². The van der Waals surface area contributed by atoms with Gasteiger partial charge in [-0.25, -0.2) is 4.39 Å². The molecule has 0 spiro atoms. The minimum atomic E-state index is -0.366. The maximum absolute atomic E-state index is 12.7. The quantitative estimate of drug-likeness (QED) is 0.379. The van der Waals surface area contributed by atoms with Crippen LogP contribution >= 0.6 is 0 Å². The van der Waals surface area contributed by atoms with Crippen molar-refractivity contribution >= 4 is 5.78 Å². The highest BCUT2D eigenvalue weighted by molar-refractivity contribution is 6.04. The van der Waals surface area contributed by atoms with Gasteiger partial charge in [-0.2, -0.15) is 0 Å². The van der Waals surface area contributed by atoms with Gasteiger partial charge in [-0.3, -0.25) is 15.1 Å². The molecule has 0 aliphatic rings. The molecule has 3 nitrogen and oxygen atoms in total. The summed E-state index contributed by atoms with van der Waals surface area (Å²) in [5, 5.41) is 0. The molecular formula is C16H14FNO2. The average molecular weight is 271 g/mol. The van der Waals surface area contributed by atoms with Gasteiger partial charge < -0.3 is 0 Å². The Morgan fingerprint density at radius 3 is 2.50 bits per heavy atom. The molecule has 0 bridgehead atoms. The maximum atomic E-state index is 12.7. The van der Waals surface area contributed by atoms with E-state index in [0.29, 0.717) is 12.2 Å². The maximum Gasteiger partial charge on any atom is 0.187 e. The van der Waals surface area contributed by atoms with Crippen molar-refractivity contribution in [1.29, 1.82) is 0 Å². The fourth-order valence-corrected chi connectivity index (χ4v) is 1.57. The molecule has 0 saturated heterocycles. The second kappa shape index (κ2) is 7.21. The van der Waals surface area contributed by atoms with E-state index in [2.05, 4.69) is 5.48 Å². The van der Waals surface area contributed by atoms with Crippen molar-refractivity contribution in [1.82, 2.24) is 5.48 Å². The first-order chi connectivity index (χ1) is 9.75. The molecule has 0 aliphatic carbocycles. The largest absolute Gasteiger partial charge is 0.289 e. The molecule has 0 aliphatic heterocycles. The molecule has 20 heavy (non-hydrogen) atoms. The molecule has 2 aromatic rings. The van der Waals surface area contributed by atoms with Crippen LogP contribution in [0, 0.1) is 5.82 Å². The molecule has 0 radical (unpaired) electrons. The van der Waals surface area contributed by atoms with Crippen LogP contribution in [0.3, 0.4) is 0 Å². The Hall–Kier alpha value is -2.46. The van der Waals surface area contributed by atoms with Gasteiger partial charge in [0.25, 0.3) is 0 Å². The zero-order valence-electron chi connectivity index (χ0n) is 10.8. The van der Waals surface area contributed by atoms with E-state index in [1.165, 1.54) is 36.5 Å². The molecule has 0 atom stereocenters. The summed E-state index contributed by atoms with van der Waals surface area (Å²) in [6.07, 6.45) is 2.74. The van der Waals surface area contributed by atoms with Crippen molar-refractivity contribution in [2.45, 2.75) is 6.61 Å². The number of nitrogens with one attached hydrogen (secondary N) is 1. The Kier molecular flexibility index (Phi) is 5.03. The Labute approximate surface area is 116 Å². The van der Waals surface area contributed by atoms with Gasteiger partial charge in [0, 0.05) is 17.8 Å². The summed E-state index contributed by atoms with van der Waals surface area (Å²) in [7, 11) is 0. The van der Waals surface area contributed by atoms with Gasteiger partial charge >= 0.3 is 0 Å². The molecule has 4 heteroatoms. The lowest BCUT2D eigenvalue weighted by Gasteiger charge is -2.02. The first kappa shape index (κ1) is 14.0. The number of benzene rings is 2. The fourth-order valence-electron chi connectivity index (χ4n) is 1.57. The van der Waals surface area contributed by atoms with Crippen molar-refractivity contribution in [3.8, 4) is 0 Å². The molecule has 0 aromatic heterocycles. The van der Waals surface area contributed by atoms with Crippen LogP contribution in [0.2, 0.25) is 0 Å². The van der Waals surface area contributed by atoms with E-state index in [-0.39, 0.29) is 11.6 Å². The van der Waals surface area contributed by atoms with Crippen LogP contribution in [-0.2, 0) is 11.4 Å². The number of halogens is 1. The highest BCUT2D eigenvalue weighted by Gasteiger charge is 2.00. The molecular weight excluding hydrogens is 257 g/mol. The number of ketones is 1. The summed E-state index contributed by atoms with van der Waals surface area (Å²) in [5.41, 5.74) is 4.02. The lowest BCUT2D eigenvalue weighted by atomic mass is 10.1. The van der Waals surface area contributed by atoms with E-state index >= 15 is 0 Å². The third kappa shape index (κ3) is 4.33. The van der Waals surface area contributed by atoms with Crippen LogP contribution in [0.15, 0.2) is 66.9 Å². The Balaban J connectivity index is 1.76. The number of hydrogen-bond acceptors (Lipinski definition) is 3. The topological polar surface area (TPSA) is 38.3 Å². The van der Waals surface area contributed by atoms with Crippen molar-refractivity contribution in [3.05, 3.63) is 83.8 Å². The minimum absolute atomic E-state index is 0.221. The van der Waals surface area contributed by atoms with E-state index in [1.807, 2.05) is 30.3 Å². The smallest absolute Gasteiger partial charge is 0.187 e. The molecule has 1 N–H and O–H groups in total. The van der Waals surface area contributed by atoms with Crippen molar-refractivity contribution in [3.63, 3.8) is 0 Å². The van der Waals surface area contributed by atoms with Crippen LogP contribution in [0.5, 0.6) is 0 Å². The third-order valence-electron chi connectivity index (χ3n) is 2.60. The van der Waals surface area contributed by atoms with Gasteiger partial charge in [-0.05, 0) is 29.8 Å². The molecule has 0 fully saturated rings. The van der Waals surface area contributed by atoms with Gasteiger partial charge in [0.15, 0.2) is 5.78 Å². The van der Waals surface area contributed by atoms with Gasteiger partial charge in [0.05, 0.1) is 6.61 Å². The van der Waals surface area contributed by atoms with Crippen molar-refractivity contribution in [2.24, 2.45) is 0 Å². The highest BCUT2D eigenvalue weighted by Crippen LogP contribution is 2.04. The molecule has 0 amide bonds. The SMILES string of the molecule is O=C(/C=C\NOCc1ccccc1)c1ccc(F)cc1. The average Bonchev–Trinajstić information content (AvgIpc) is 2.48. The zero-order chi connectivity index (χ0) is 14.2. The number of hydroxylamine groups is 1. The summed E-state index contributed by atoms with van der Waals surface area (Å²) in [5.74, 6) is -0.587. The number of carbonyl (C=O) groups excluding carboxylic acids is 1. The van der Waals surface area contributed by atoms with E-state index in [9.17, 15) is 9.18 Å². The predicted octanol–water partition coefficient (Wildman–Crippen LogP) is 3.24. The minimum Gasteiger partial charge on any atom is -0.289 e. The molecule has 0 heterocycles. The van der Waals surface area contributed by atoms with Crippen LogP contribution in [0.25, 0.3) is 0 Å². The summed E-state index contributed by atoms with van der Waals surface area (Å²) in [4.78, 5) is 16.9. The predicted molar refractivity (Wildman–Crippen MR) is 74.2 cm³/mol. The lowest BCUT2D eigenvalue weighted by molar-refractivity contribution is 0.0572. The summed E-state index contributed by atoms with van der Waals surface area (Å²) < 4.78 is 12.7. The standard InChI is InChI=1S/C16H14FNO2/c17-15-8-6-14(7-9-15)16(19)10-11-18-20-12-13-4-2-1-3-5-13/h1-11,18H,12H2/b11-10-. The fraction of sp³-hybridized carbons (Fsp3) is 0.0625. The highest BCUT2D eigenvalue weighted by atomic mass is 19.1. The number of rotatable bonds is 6. The third-order valence-corrected chi connectivity index (χ3v) is 2.60. The summed E-state index contributed by atoms with van der Waals surface area (Å²) >= 11 is 0. The molecule has 0 saturated carbocycles. The zero-order valence-corrected chi connectivity index (χ0v) is 10.8. The van der Waals surface area contributed by atoms with Crippen LogP contribution in [0.1, 0.15) is 15.9 Å². The normalized spacial score (nSPS) is 10.7. The lowest BCUT2D eigenvalue weighted by Crippen LogP contribution is -2.07. The van der Waals surface area contributed by atoms with E-state index in [1.54, 1.807) is 0 Å². The van der Waals surface area contributed by atoms with E-state index in [0.717, 1.165) is 5.56 Å². The van der Waals surface area contributed by atoms with Crippen LogP contribution in [-0.4, -0.2) is 5.78 Å². The molecule has 2 rings (SSSR count). The van der Waals surface area contributed by atoms with Gasteiger partial charge in [-0.15, -0.1) is 0 Å². The molecule has 2 aromatic carbocycles. The van der Waals surface area contributed by atoms with Crippen LogP contribution in [0.4, 0.5) is 4.39 Å². The molecule has 102 valence electrons. The first-order valence-electron chi connectivity index (χ1n) is 6.13. The Morgan fingerprint density at radius 2 is 1.80 bits per heavy atom. The van der Waals surface area contributed by atoms with E-state index in [4.69, 9.17) is 4.84 Å². The second-order valence-corrected chi connectivity index (χ2v) is 4.10. The number of allylic oxidation sites excluding steroid dienone is 1. The summed E-state index contributed by atoms with van der Waals surface area (Å²) in [6, 6.07) is 15.0. The number of carbonyl (C=O) groups is 1. The Bertz CT molecular complexity index is 579. The summed E-state index contributed by atoms with van der Waals surface area (Å²) in [6.45, 7) is 0.399. The monoisotopic (exact) mass is 271 g/mol. The van der Waals surface area contributed by atoms with Crippen molar-refractivity contribution < 1.29 is 14.0 Å². The Morgan fingerprint density at radius 1 is 1.10 bits per heavy atom. The van der Waals surface area contributed by atoms with Gasteiger partial charge in [0.2, 0.25) is 0 Å². The van der Waals surface area contributed by atoms with E-state index < -0.39 is 0 Å². The van der Waals surface area contributed by atoms with Gasteiger partial charge in [-0.1, -0.05) is 30.3 Å².